The number of benzene rings is 3. The number of para-hydroxylation sites is 2. The molecule has 0 radical (unpaired) electrons. The predicted molar refractivity (Wildman–Crippen MR) is 129 cm³/mol. The molecule has 0 unspecified atom stereocenters. The molecule has 0 bridgehead atoms. The van der Waals surface area contributed by atoms with Gasteiger partial charge in [-0.05, 0) is 48.4 Å². The first-order chi connectivity index (χ1) is 16.6. The van der Waals surface area contributed by atoms with E-state index in [2.05, 4.69) is 10.2 Å². The van der Waals surface area contributed by atoms with Crippen molar-refractivity contribution in [1.29, 1.82) is 0 Å². The van der Waals surface area contributed by atoms with E-state index in [-0.39, 0.29) is 11.2 Å². The molecule has 4 aromatic rings. The molecule has 2 aliphatic rings. The van der Waals surface area contributed by atoms with Crippen LogP contribution in [-0.4, -0.2) is 24.1 Å². The number of rotatable bonds is 4. The van der Waals surface area contributed by atoms with E-state index in [0.29, 0.717) is 23.4 Å². The van der Waals surface area contributed by atoms with Crippen molar-refractivity contribution in [3.8, 4) is 22.6 Å². The van der Waals surface area contributed by atoms with Crippen molar-refractivity contribution in [2.24, 2.45) is 0 Å². The van der Waals surface area contributed by atoms with Gasteiger partial charge in [0.2, 0.25) is 0 Å². The fraction of sp³-hybridized carbons (Fsp3) is 0.0741. The molecular formula is C27H20FN5O. The Morgan fingerprint density at radius 3 is 2.53 bits per heavy atom. The van der Waals surface area contributed by atoms with Gasteiger partial charge in [0, 0.05) is 30.5 Å². The topological polar surface area (TPSA) is 57.6 Å². The molecule has 2 aliphatic heterocycles. The van der Waals surface area contributed by atoms with Gasteiger partial charge in [-0.15, -0.1) is 0 Å². The van der Waals surface area contributed by atoms with Crippen molar-refractivity contribution in [1.82, 2.24) is 24.1 Å². The molecule has 0 saturated heterocycles. The second-order valence-corrected chi connectivity index (χ2v) is 8.28. The van der Waals surface area contributed by atoms with Crippen LogP contribution >= 0.6 is 0 Å². The summed E-state index contributed by atoms with van der Waals surface area (Å²) >= 11 is 0. The lowest BCUT2D eigenvalue weighted by Gasteiger charge is -2.14. The quantitative estimate of drug-likeness (QED) is 0.382. The first-order valence-electron chi connectivity index (χ1n) is 11.0. The summed E-state index contributed by atoms with van der Waals surface area (Å²) in [6.07, 6.45) is 5.46. The first-order valence-corrected chi connectivity index (χ1v) is 11.0. The number of aryl methyl sites for hydroxylation is 1. The average molecular weight is 449 g/mol. The maximum atomic E-state index is 14.6. The van der Waals surface area contributed by atoms with Crippen molar-refractivity contribution < 1.29 is 4.39 Å². The van der Waals surface area contributed by atoms with Gasteiger partial charge in [0.1, 0.15) is 17.2 Å². The van der Waals surface area contributed by atoms with Crippen LogP contribution in [0.1, 0.15) is 11.1 Å². The zero-order valence-electron chi connectivity index (χ0n) is 18.4. The van der Waals surface area contributed by atoms with Crippen LogP contribution in [0.4, 0.5) is 4.39 Å². The Balaban J connectivity index is 1.49. The fourth-order valence-corrected chi connectivity index (χ4v) is 4.43. The zero-order chi connectivity index (χ0) is 23.2. The van der Waals surface area contributed by atoms with Gasteiger partial charge in [0.05, 0.1) is 16.8 Å². The van der Waals surface area contributed by atoms with E-state index < -0.39 is 5.82 Å². The largest absolute Gasteiger partial charge is 0.342 e. The molecule has 34 heavy (non-hydrogen) atoms. The van der Waals surface area contributed by atoms with Gasteiger partial charge in [-0.1, -0.05) is 42.5 Å². The Morgan fingerprint density at radius 2 is 1.76 bits per heavy atom. The number of halogens is 1. The SMILES string of the molecule is Cc1cccc(F)c1-n1nc2c3ccccc3n(Cc3ccc(-n4cccn4)cc3)cc-2c1=O. The lowest BCUT2D eigenvalue weighted by atomic mass is 10.1. The number of pyridine rings is 1. The molecule has 0 N–H and O–H groups in total. The summed E-state index contributed by atoms with van der Waals surface area (Å²) in [7, 11) is 0. The summed E-state index contributed by atoms with van der Waals surface area (Å²) in [6.45, 7) is 2.34. The van der Waals surface area contributed by atoms with Crippen LogP contribution in [0.3, 0.4) is 0 Å². The molecule has 3 aromatic carbocycles. The average Bonchev–Trinajstić information content (AvgIpc) is 3.49. The predicted octanol–water partition coefficient (Wildman–Crippen LogP) is 4.97. The maximum absolute atomic E-state index is 14.6. The van der Waals surface area contributed by atoms with Gasteiger partial charge in [-0.25, -0.2) is 9.07 Å². The minimum absolute atomic E-state index is 0.188. The van der Waals surface area contributed by atoms with E-state index >= 15 is 0 Å². The first kappa shape index (κ1) is 20.1. The van der Waals surface area contributed by atoms with Crippen molar-refractivity contribution in [3.63, 3.8) is 0 Å². The van der Waals surface area contributed by atoms with Gasteiger partial charge in [0.25, 0.3) is 5.56 Å². The monoisotopic (exact) mass is 449 g/mol. The van der Waals surface area contributed by atoms with Crippen LogP contribution in [0.2, 0.25) is 0 Å². The molecule has 0 amide bonds. The molecule has 3 heterocycles. The number of hydrogen-bond acceptors (Lipinski definition) is 3. The van der Waals surface area contributed by atoms with Gasteiger partial charge >= 0.3 is 0 Å². The molecule has 7 heteroatoms. The van der Waals surface area contributed by atoms with Crippen molar-refractivity contribution in [2.45, 2.75) is 13.5 Å². The fourth-order valence-electron chi connectivity index (χ4n) is 4.43. The minimum Gasteiger partial charge on any atom is -0.342 e. The zero-order valence-corrected chi connectivity index (χ0v) is 18.4. The van der Waals surface area contributed by atoms with Crippen LogP contribution in [0.25, 0.3) is 33.5 Å². The highest BCUT2D eigenvalue weighted by Crippen LogP contribution is 2.29. The number of fused-ring (bicyclic) bond motifs is 3. The Labute approximate surface area is 194 Å². The standard InChI is InChI=1S/C27H20FN5O/c1-18-6-4-8-23(28)26(18)33-27(34)22-17-31(24-9-3-2-7-21(24)25(22)30-33)16-19-10-12-20(13-11-19)32-15-5-14-29-32/h2-15,17H,16H2,1H3. The molecule has 166 valence electrons. The lowest BCUT2D eigenvalue weighted by Crippen LogP contribution is -2.17. The Hall–Kier alpha value is -4.52. The minimum atomic E-state index is -0.473. The van der Waals surface area contributed by atoms with Gasteiger partial charge in [0.15, 0.2) is 0 Å². The second-order valence-electron chi connectivity index (χ2n) is 8.28. The third-order valence-corrected chi connectivity index (χ3v) is 6.09. The number of aromatic nitrogens is 5. The Bertz CT molecular complexity index is 1640. The highest BCUT2D eigenvalue weighted by molar-refractivity contribution is 5.93. The summed E-state index contributed by atoms with van der Waals surface area (Å²) in [6, 6.07) is 22.6. The smallest absolute Gasteiger partial charge is 0.282 e. The van der Waals surface area contributed by atoms with E-state index in [4.69, 9.17) is 0 Å². The van der Waals surface area contributed by atoms with E-state index in [0.717, 1.165) is 22.2 Å². The normalized spacial score (nSPS) is 11.5. The molecule has 0 aliphatic carbocycles. The van der Waals surface area contributed by atoms with Crippen molar-refractivity contribution in [2.75, 3.05) is 0 Å². The lowest BCUT2D eigenvalue weighted by molar-refractivity contribution is 0.607. The highest BCUT2D eigenvalue weighted by atomic mass is 19.1. The maximum Gasteiger partial charge on any atom is 0.282 e. The molecule has 1 aromatic heterocycles. The summed E-state index contributed by atoms with van der Waals surface area (Å²) in [5.74, 6) is -0.473. The van der Waals surface area contributed by atoms with Crippen LogP contribution in [-0.2, 0) is 6.54 Å². The third kappa shape index (κ3) is 3.21. The molecule has 0 spiro atoms. The molecular weight excluding hydrogens is 429 g/mol. The van der Waals surface area contributed by atoms with E-state index in [1.165, 1.54) is 10.7 Å². The Morgan fingerprint density at radius 1 is 0.941 bits per heavy atom. The molecule has 0 saturated carbocycles. The van der Waals surface area contributed by atoms with Crippen molar-refractivity contribution >= 4 is 10.9 Å². The number of hydrogen-bond donors (Lipinski definition) is 0. The van der Waals surface area contributed by atoms with E-state index in [1.807, 2.05) is 71.6 Å². The van der Waals surface area contributed by atoms with E-state index in [9.17, 15) is 9.18 Å². The molecule has 0 fully saturated rings. The van der Waals surface area contributed by atoms with Gasteiger partial charge < -0.3 is 4.57 Å². The van der Waals surface area contributed by atoms with Gasteiger partial charge in [-0.2, -0.15) is 14.9 Å². The Kier molecular flexibility index (Phi) is 4.62. The van der Waals surface area contributed by atoms with Crippen LogP contribution < -0.4 is 5.56 Å². The van der Waals surface area contributed by atoms with Crippen LogP contribution in [0.15, 0.2) is 96.2 Å². The second kappa shape index (κ2) is 7.81. The van der Waals surface area contributed by atoms with Crippen molar-refractivity contribution in [3.05, 3.63) is 119 Å². The molecule has 6 rings (SSSR count). The summed E-state index contributed by atoms with van der Waals surface area (Å²) in [4.78, 5) is 13.4. The summed E-state index contributed by atoms with van der Waals surface area (Å²) in [5.41, 5.74) is 4.52. The van der Waals surface area contributed by atoms with Gasteiger partial charge in [-0.3, -0.25) is 4.79 Å². The van der Waals surface area contributed by atoms with E-state index in [1.54, 1.807) is 29.9 Å². The third-order valence-electron chi connectivity index (χ3n) is 6.09. The molecule has 6 nitrogen and oxygen atoms in total. The van der Waals surface area contributed by atoms with Crippen LogP contribution in [0, 0.1) is 12.7 Å². The molecule has 0 atom stereocenters. The summed E-state index contributed by atoms with van der Waals surface area (Å²) in [5, 5.41) is 9.67. The van der Waals surface area contributed by atoms with Crippen LogP contribution in [0.5, 0.6) is 0 Å². The summed E-state index contributed by atoms with van der Waals surface area (Å²) < 4.78 is 19.7. The highest BCUT2D eigenvalue weighted by Gasteiger charge is 2.23. The number of nitrogens with zero attached hydrogens (tertiary/aromatic N) is 5.